The predicted octanol–water partition coefficient (Wildman–Crippen LogP) is 4.13. The molecule has 0 radical (unpaired) electrons. The molecule has 0 saturated heterocycles. The Hall–Kier alpha value is -0.180. The van der Waals surface area contributed by atoms with Gasteiger partial charge in [-0.1, -0.05) is 23.7 Å². The summed E-state index contributed by atoms with van der Waals surface area (Å²) in [4.78, 5) is 0. The van der Waals surface area contributed by atoms with E-state index in [1.54, 1.807) is 0 Å². The zero-order valence-corrected chi connectivity index (χ0v) is 12.0. The van der Waals surface area contributed by atoms with Crippen LogP contribution in [0, 0.1) is 5.92 Å². The lowest BCUT2D eigenvalue weighted by atomic mass is 10.0. The Bertz CT molecular complexity index is 348. The Kier molecular flexibility index (Phi) is 4.78. The van der Waals surface area contributed by atoms with Crippen LogP contribution in [0.2, 0.25) is 5.02 Å². The number of benzene rings is 1. The number of halogens is 1. The molecule has 2 rings (SSSR count). The van der Waals surface area contributed by atoms with E-state index >= 15 is 0 Å². The van der Waals surface area contributed by atoms with Crippen LogP contribution in [-0.4, -0.2) is 18.1 Å². The van der Waals surface area contributed by atoms with E-state index in [0.717, 1.165) is 16.7 Å². The Morgan fingerprint density at radius 3 is 2.53 bits per heavy atom. The normalized spacial score (nSPS) is 19.0. The molecule has 0 spiro atoms. The second kappa shape index (κ2) is 6.12. The van der Waals surface area contributed by atoms with Crippen LogP contribution < -0.4 is 5.32 Å². The number of nitrogens with one attached hydrogen (secondary N) is 1. The highest BCUT2D eigenvalue weighted by Crippen LogP contribution is 2.41. The van der Waals surface area contributed by atoms with Crippen LogP contribution in [-0.2, 0) is 0 Å². The van der Waals surface area contributed by atoms with E-state index < -0.39 is 0 Å². The minimum atomic E-state index is 0.509. The molecule has 0 bridgehead atoms. The van der Waals surface area contributed by atoms with Gasteiger partial charge < -0.3 is 5.32 Å². The molecule has 1 aliphatic carbocycles. The SMILES string of the molecule is CSCC(C)NC(c1ccc(Cl)cc1)C1CC1. The van der Waals surface area contributed by atoms with E-state index in [4.69, 9.17) is 11.6 Å². The molecular weight excluding hydrogens is 250 g/mol. The molecule has 94 valence electrons. The smallest absolute Gasteiger partial charge is 0.0406 e. The van der Waals surface area contributed by atoms with Crippen molar-refractivity contribution in [1.82, 2.24) is 5.32 Å². The third kappa shape index (κ3) is 3.90. The molecule has 1 saturated carbocycles. The lowest BCUT2D eigenvalue weighted by Crippen LogP contribution is -2.33. The van der Waals surface area contributed by atoms with Crippen molar-refractivity contribution in [2.45, 2.75) is 31.8 Å². The predicted molar refractivity (Wildman–Crippen MR) is 77.9 cm³/mol. The van der Waals surface area contributed by atoms with E-state index in [9.17, 15) is 0 Å². The summed E-state index contributed by atoms with van der Waals surface area (Å²) in [6, 6.07) is 9.37. The maximum absolute atomic E-state index is 5.94. The average molecular weight is 270 g/mol. The van der Waals surface area contributed by atoms with Crippen LogP contribution in [0.3, 0.4) is 0 Å². The van der Waals surface area contributed by atoms with E-state index in [-0.39, 0.29) is 0 Å². The highest BCUT2D eigenvalue weighted by Gasteiger charge is 2.32. The molecule has 0 heterocycles. The van der Waals surface area contributed by atoms with Gasteiger partial charge in [0.05, 0.1) is 0 Å². The Balaban J connectivity index is 2.04. The Morgan fingerprint density at radius 2 is 2.00 bits per heavy atom. The van der Waals surface area contributed by atoms with Crippen molar-refractivity contribution in [2.75, 3.05) is 12.0 Å². The van der Waals surface area contributed by atoms with Crippen molar-refractivity contribution >= 4 is 23.4 Å². The average Bonchev–Trinajstić information content (AvgIpc) is 3.12. The standard InChI is InChI=1S/C14H20ClNS/c1-10(9-17-2)16-14(11-3-4-11)12-5-7-13(15)8-6-12/h5-8,10-11,14,16H,3-4,9H2,1-2H3. The largest absolute Gasteiger partial charge is 0.306 e. The fourth-order valence-corrected chi connectivity index (χ4v) is 2.93. The summed E-state index contributed by atoms with van der Waals surface area (Å²) in [7, 11) is 0. The molecule has 1 nitrogen and oxygen atoms in total. The van der Waals surface area contributed by atoms with E-state index in [2.05, 4.69) is 30.6 Å². The summed E-state index contributed by atoms with van der Waals surface area (Å²) in [5, 5.41) is 4.57. The number of hydrogen-bond donors (Lipinski definition) is 1. The van der Waals surface area contributed by atoms with Gasteiger partial charge in [-0.2, -0.15) is 11.8 Å². The van der Waals surface area contributed by atoms with Crippen molar-refractivity contribution in [1.29, 1.82) is 0 Å². The van der Waals surface area contributed by atoms with Gasteiger partial charge in [-0.05, 0) is 49.6 Å². The molecular formula is C14H20ClNS. The van der Waals surface area contributed by atoms with Gasteiger partial charge in [0.1, 0.15) is 0 Å². The minimum absolute atomic E-state index is 0.509. The fraction of sp³-hybridized carbons (Fsp3) is 0.571. The Morgan fingerprint density at radius 1 is 1.35 bits per heavy atom. The van der Waals surface area contributed by atoms with Gasteiger partial charge >= 0.3 is 0 Å². The molecule has 0 aromatic heterocycles. The summed E-state index contributed by atoms with van der Waals surface area (Å²) in [5.41, 5.74) is 1.38. The lowest BCUT2D eigenvalue weighted by Gasteiger charge is -2.23. The highest BCUT2D eigenvalue weighted by atomic mass is 35.5. The molecule has 1 aromatic rings. The first-order chi connectivity index (χ1) is 8.20. The lowest BCUT2D eigenvalue weighted by molar-refractivity contribution is 0.440. The van der Waals surface area contributed by atoms with Crippen LogP contribution in [0.1, 0.15) is 31.4 Å². The number of hydrogen-bond acceptors (Lipinski definition) is 2. The monoisotopic (exact) mass is 269 g/mol. The van der Waals surface area contributed by atoms with Gasteiger partial charge in [0, 0.05) is 22.9 Å². The molecule has 0 aliphatic heterocycles. The van der Waals surface area contributed by atoms with Crippen LogP contribution >= 0.6 is 23.4 Å². The third-order valence-electron chi connectivity index (χ3n) is 3.20. The minimum Gasteiger partial charge on any atom is -0.306 e. The highest BCUT2D eigenvalue weighted by molar-refractivity contribution is 7.98. The topological polar surface area (TPSA) is 12.0 Å². The zero-order valence-electron chi connectivity index (χ0n) is 10.4. The fourth-order valence-electron chi connectivity index (χ4n) is 2.21. The molecule has 2 unspecified atom stereocenters. The summed E-state index contributed by atoms with van der Waals surface area (Å²) in [6.07, 6.45) is 4.87. The van der Waals surface area contributed by atoms with Crippen molar-refractivity contribution in [2.24, 2.45) is 5.92 Å². The van der Waals surface area contributed by atoms with E-state index in [1.165, 1.54) is 18.4 Å². The molecule has 3 heteroatoms. The van der Waals surface area contributed by atoms with Gasteiger partial charge in [0.2, 0.25) is 0 Å². The first-order valence-corrected chi connectivity index (χ1v) is 7.98. The van der Waals surface area contributed by atoms with E-state index in [1.807, 2.05) is 23.9 Å². The summed E-state index contributed by atoms with van der Waals surface area (Å²) >= 11 is 7.84. The first kappa shape index (κ1) is 13.3. The third-order valence-corrected chi connectivity index (χ3v) is 4.29. The van der Waals surface area contributed by atoms with Crippen molar-refractivity contribution < 1.29 is 0 Å². The number of thioether (sulfide) groups is 1. The number of rotatable bonds is 6. The molecule has 2 atom stereocenters. The van der Waals surface area contributed by atoms with Crippen molar-refractivity contribution in [3.05, 3.63) is 34.9 Å². The second-order valence-electron chi connectivity index (χ2n) is 4.89. The first-order valence-electron chi connectivity index (χ1n) is 6.21. The van der Waals surface area contributed by atoms with Gasteiger partial charge in [-0.15, -0.1) is 0 Å². The maximum atomic E-state index is 5.94. The summed E-state index contributed by atoms with van der Waals surface area (Å²) in [6.45, 7) is 2.27. The molecule has 1 fully saturated rings. The van der Waals surface area contributed by atoms with Gasteiger partial charge in [0.15, 0.2) is 0 Å². The summed E-state index contributed by atoms with van der Waals surface area (Å²) < 4.78 is 0. The second-order valence-corrected chi connectivity index (χ2v) is 6.24. The van der Waals surface area contributed by atoms with E-state index in [0.29, 0.717) is 12.1 Å². The van der Waals surface area contributed by atoms with Gasteiger partial charge in [0.25, 0.3) is 0 Å². The van der Waals surface area contributed by atoms with Crippen LogP contribution in [0.15, 0.2) is 24.3 Å². The van der Waals surface area contributed by atoms with Crippen molar-refractivity contribution in [3.8, 4) is 0 Å². The van der Waals surface area contributed by atoms with Crippen LogP contribution in [0.5, 0.6) is 0 Å². The van der Waals surface area contributed by atoms with Gasteiger partial charge in [-0.3, -0.25) is 0 Å². The molecule has 1 aromatic carbocycles. The molecule has 0 amide bonds. The summed E-state index contributed by atoms with van der Waals surface area (Å²) in [5.74, 6) is 1.98. The molecule has 17 heavy (non-hydrogen) atoms. The van der Waals surface area contributed by atoms with Crippen LogP contribution in [0.4, 0.5) is 0 Å². The quantitative estimate of drug-likeness (QED) is 0.833. The van der Waals surface area contributed by atoms with Crippen molar-refractivity contribution in [3.63, 3.8) is 0 Å². The molecule has 1 aliphatic rings. The maximum Gasteiger partial charge on any atom is 0.0406 e. The van der Waals surface area contributed by atoms with Crippen LogP contribution in [0.25, 0.3) is 0 Å². The Labute approximate surface area is 113 Å². The molecule has 1 N–H and O–H groups in total. The zero-order chi connectivity index (χ0) is 12.3. The van der Waals surface area contributed by atoms with Gasteiger partial charge in [-0.25, -0.2) is 0 Å².